The Kier molecular flexibility index (Phi) is 7.14. The Morgan fingerprint density at radius 3 is 2.42 bits per heavy atom. The minimum absolute atomic E-state index is 0.292. The molecule has 0 aliphatic heterocycles. The normalized spacial score (nSPS) is 13.9. The number of pyridine rings is 1. The van der Waals surface area contributed by atoms with Gasteiger partial charge in [0.2, 0.25) is 5.88 Å². The van der Waals surface area contributed by atoms with Crippen LogP contribution in [-0.4, -0.2) is 42.1 Å². The predicted octanol–water partition coefficient (Wildman–Crippen LogP) is 5.54. The molecule has 0 spiro atoms. The molecule has 0 bridgehead atoms. The molecule has 3 aromatic heterocycles. The molecule has 0 atom stereocenters. The van der Waals surface area contributed by atoms with Crippen LogP contribution in [-0.2, 0) is 4.79 Å². The first kappa shape index (κ1) is 22.7. The summed E-state index contributed by atoms with van der Waals surface area (Å²) >= 11 is 6.04. The largest absolute Gasteiger partial charge is 0.481 e. The molecular weight excluding hydrogens is 442 g/mol. The van der Waals surface area contributed by atoms with Crippen molar-refractivity contribution in [2.45, 2.75) is 45.1 Å². The van der Waals surface area contributed by atoms with E-state index >= 15 is 0 Å². The van der Waals surface area contributed by atoms with Crippen LogP contribution in [0.25, 0.3) is 33.8 Å². The lowest BCUT2D eigenvalue weighted by atomic mass is 9.98. The Morgan fingerprint density at radius 1 is 1.03 bits per heavy atom. The maximum Gasteiger partial charge on any atom is 0.300 e. The highest BCUT2D eigenvalue weighted by Gasteiger charge is 2.15. The number of carboxylic acid groups (broad SMARTS) is 1. The second-order valence-electron chi connectivity index (χ2n) is 7.82. The van der Waals surface area contributed by atoms with Gasteiger partial charge in [0.15, 0.2) is 5.82 Å². The number of aromatic amines is 1. The van der Waals surface area contributed by atoms with Gasteiger partial charge in [0, 0.05) is 29.8 Å². The van der Waals surface area contributed by atoms with Crippen LogP contribution in [0.5, 0.6) is 5.88 Å². The van der Waals surface area contributed by atoms with Crippen molar-refractivity contribution in [1.82, 2.24) is 24.9 Å². The molecule has 1 aliphatic carbocycles. The van der Waals surface area contributed by atoms with Crippen LogP contribution in [0.15, 0.2) is 48.9 Å². The smallest absolute Gasteiger partial charge is 0.300 e. The lowest BCUT2D eigenvalue weighted by molar-refractivity contribution is -0.134. The first-order valence-corrected chi connectivity index (χ1v) is 11.2. The highest BCUT2D eigenvalue weighted by Crippen LogP contribution is 2.25. The summed E-state index contributed by atoms with van der Waals surface area (Å²) in [5.74, 6) is 0.502. The van der Waals surface area contributed by atoms with Crippen LogP contribution in [0.3, 0.4) is 0 Å². The Balaban J connectivity index is 0.000000601. The molecule has 33 heavy (non-hydrogen) atoms. The number of halogens is 1. The molecule has 0 saturated heterocycles. The minimum Gasteiger partial charge on any atom is -0.481 e. The molecule has 3 heterocycles. The Morgan fingerprint density at radius 2 is 1.76 bits per heavy atom. The third-order valence-electron chi connectivity index (χ3n) is 5.21. The zero-order valence-corrected chi connectivity index (χ0v) is 18.9. The van der Waals surface area contributed by atoms with Crippen LogP contribution in [0, 0.1) is 0 Å². The molecule has 1 aliphatic rings. The van der Waals surface area contributed by atoms with Crippen molar-refractivity contribution in [3.63, 3.8) is 0 Å². The number of aliphatic carboxylic acids is 1. The van der Waals surface area contributed by atoms with Gasteiger partial charge < -0.3 is 14.8 Å². The number of carbonyl (C=O) groups is 1. The van der Waals surface area contributed by atoms with Gasteiger partial charge in [-0.25, -0.2) is 15.0 Å². The summed E-state index contributed by atoms with van der Waals surface area (Å²) in [6.07, 6.45) is 11.5. The number of imidazole rings is 1. The molecule has 5 rings (SSSR count). The standard InChI is InChI=1S/C22H20ClN5O.C2H4O2/c23-15-7-8-17-18(10-15)28-22(27-17)20-13-24-19(12-25-20)14-6-9-21(26-11-14)29-16-4-2-1-3-5-16;1-2(3)4/h6-13,16H,1-5H2,(H,27,28);1H3,(H,3,4). The number of nitrogens with one attached hydrogen (secondary N) is 1. The van der Waals surface area contributed by atoms with Gasteiger partial charge in [-0.2, -0.15) is 0 Å². The van der Waals surface area contributed by atoms with Crippen molar-refractivity contribution >= 4 is 28.6 Å². The molecule has 0 unspecified atom stereocenters. The molecule has 0 amide bonds. The van der Waals surface area contributed by atoms with Crippen LogP contribution < -0.4 is 4.74 Å². The molecule has 2 N–H and O–H groups in total. The number of hydrogen-bond acceptors (Lipinski definition) is 6. The second-order valence-corrected chi connectivity index (χ2v) is 8.25. The fourth-order valence-corrected chi connectivity index (χ4v) is 3.83. The fourth-order valence-electron chi connectivity index (χ4n) is 3.66. The van der Waals surface area contributed by atoms with Crippen molar-refractivity contribution in [2.24, 2.45) is 0 Å². The van der Waals surface area contributed by atoms with E-state index in [0.29, 0.717) is 28.5 Å². The van der Waals surface area contributed by atoms with Crippen LogP contribution >= 0.6 is 11.6 Å². The van der Waals surface area contributed by atoms with Crippen molar-refractivity contribution in [1.29, 1.82) is 0 Å². The molecule has 1 saturated carbocycles. The quantitative estimate of drug-likeness (QED) is 0.406. The summed E-state index contributed by atoms with van der Waals surface area (Å²) in [6, 6.07) is 9.42. The van der Waals surface area contributed by atoms with Gasteiger partial charge >= 0.3 is 0 Å². The third kappa shape index (κ3) is 6.04. The van der Waals surface area contributed by atoms with Crippen molar-refractivity contribution < 1.29 is 14.6 Å². The summed E-state index contributed by atoms with van der Waals surface area (Å²) in [4.78, 5) is 30.3. The number of ether oxygens (including phenoxy) is 1. The van der Waals surface area contributed by atoms with Crippen molar-refractivity contribution in [3.8, 4) is 28.7 Å². The fraction of sp³-hybridized carbons (Fsp3) is 0.292. The minimum atomic E-state index is -0.833. The number of carboxylic acids is 1. The van der Waals surface area contributed by atoms with Gasteiger partial charge in [0.05, 0.1) is 29.1 Å². The maximum absolute atomic E-state index is 9.00. The Bertz CT molecular complexity index is 1220. The first-order valence-electron chi connectivity index (χ1n) is 10.8. The zero-order valence-electron chi connectivity index (χ0n) is 18.2. The van der Waals surface area contributed by atoms with E-state index < -0.39 is 5.97 Å². The van der Waals surface area contributed by atoms with E-state index in [4.69, 9.17) is 26.2 Å². The van der Waals surface area contributed by atoms with E-state index in [0.717, 1.165) is 42.1 Å². The first-order chi connectivity index (χ1) is 16.0. The molecule has 9 heteroatoms. The highest BCUT2D eigenvalue weighted by molar-refractivity contribution is 6.31. The monoisotopic (exact) mass is 465 g/mol. The Labute approximate surface area is 196 Å². The summed E-state index contributed by atoms with van der Waals surface area (Å²) in [6.45, 7) is 1.08. The van der Waals surface area contributed by atoms with Crippen molar-refractivity contribution in [3.05, 3.63) is 53.9 Å². The topological polar surface area (TPSA) is 114 Å². The lowest BCUT2D eigenvalue weighted by Gasteiger charge is -2.22. The van der Waals surface area contributed by atoms with E-state index in [2.05, 4.69) is 24.9 Å². The number of fused-ring (bicyclic) bond motifs is 1. The number of H-pyrrole nitrogens is 1. The molecular formula is C24H24ClN5O3. The average Bonchev–Trinajstić information content (AvgIpc) is 3.23. The number of nitrogens with zero attached hydrogens (tertiary/aromatic N) is 4. The zero-order chi connectivity index (χ0) is 23.2. The summed E-state index contributed by atoms with van der Waals surface area (Å²) in [7, 11) is 0. The van der Waals surface area contributed by atoms with Gasteiger partial charge in [-0.3, -0.25) is 9.78 Å². The van der Waals surface area contributed by atoms with Gasteiger partial charge in [0.25, 0.3) is 5.97 Å². The van der Waals surface area contributed by atoms with E-state index in [1.54, 1.807) is 18.6 Å². The number of hydrogen-bond donors (Lipinski definition) is 2. The van der Waals surface area contributed by atoms with E-state index in [1.807, 2.05) is 30.3 Å². The lowest BCUT2D eigenvalue weighted by Crippen LogP contribution is -2.20. The molecule has 8 nitrogen and oxygen atoms in total. The van der Waals surface area contributed by atoms with Crippen LogP contribution in [0.1, 0.15) is 39.0 Å². The molecule has 4 aromatic rings. The summed E-state index contributed by atoms with van der Waals surface area (Å²) in [5.41, 5.74) is 4.04. The van der Waals surface area contributed by atoms with Crippen LogP contribution in [0.4, 0.5) is 0 Å². The number of rotatable bonds is 4. The molecule has 1 fully saturated rings. The van der Waals surface area contributed by atoms with Gasteiger partial charge in [-0.15, -0.1) is 0 Å². The second kappa shape index (κ2) is 10.4. The van der Waals surface area contributed by atoms with E-state index in [9.17, 15) is 0 Å². The van der Waals surface area contributed by atoms with Gasteiger partial charge in [0.1, 0.15) is 11.8 Å². The van der Waals surface area contributed by atoms with Crippen LogP contribution in [0.2, 0.25) is 5.02 Å². The average molecular weight is 466 g/mol. The summed E-state index contributed by atoms with van der Waals surface area (Å²) in [5, 5.41) is 8.08. The van der Waals surface area contributed by atoms with E-state index in [1.165, 1.54) is 19.3 Å². The molecule has 1 aromatic carbocycles. The van der Waals surface area contributed by atoms with E-state index in [-0.39, 0.29) is 0 Å². The van der Waals surface area contributed by atoms with Gasteiger partial charge in [-0.05, 0) is 49.9 Å². The molecule has 170 valence electrons. The maximum atomic E-state index is 9.00. The van der Waals surface area contributed by atoms with Gasteiger partial charge in [-0.1, -0.05) is 18.0 Å². The SMILES string of the molecule is CC(=O)O.Clc1ccc2nc(-c3cnc(-c4ccc(OC5CCCCC5)nc4)cn3)[nH]c2c1. The highest BCUT2D eigenvalue weighted by atomic mass is 35.5. The Hall–Kier alpha value is -3.52. The predicted molar refractivity (Wildman–Crippen MR) is 126 cm³/mol. The summed E-state index contributed by atoms with van der Waals surface area (Å²) < 4.78 is 5.99. The van der Waals surface area contributed by atoms with Crippen molar-refractivity contribution in [2.75, 3.05) is 0 Å². The molecule has 0 radical (unpaired) electrons. The number of benzene rings is 1. The number of aromatic nitrogens is 5. The third-order valence-corrected chi connectivity index (χ3v) is 5.45.